The number of hydrogen-bond donors (Lipinski definition) is 1. The fraction of sp³-hybridized carbons (Fsp3) is 0.522. The van der Waals surface area contributed by atoms with Gasteiger partial charge in [-0.1, -0.05) is 51.4 Å². The largest absolute Gasteiger partial charge is 0.342 e. The molecule has 162 valence electrons. The van der Waals surface area contributed by atoms with E-state index < -0.39 is 6.04 Å². The Morgan fingerprint density at radius 2 is 1.97 bits per heavy atom. The summed E-state index contributed by atoms with van der Waals surface area (Å²) >= 11 is 6.04. The number of carbonyl (C=O) groups excluding carboxylic acids is 2. The third-order valence-corrected chi connectivity index (χ3v) is 6.20. The van der Waals surface area contributed by atoms with Crippen molar-refractivity contribution in [1.82, 2.24) is 19.8 Å². The first-order chi connectivity index (χ1) is 14.2. The topological polar surface area (TPSA) is 67.2 Å². The van der Waals surface area contributed by atoms with Crippen LogP contribution in [0.25, 0.3) is 0 Å². The van der Waals surface area contributed by atoms with Gasteiger partial charge in [-0.3, -0.25) is 9.59 Å². The van der Waals surface area contributed by atoms with Crippen LogP contribution in [0.4, 0.5) is 0 Å². The van der Waals surface area contributed by atoms with Crippen LogP contribution < -0.4 is 5.32 Å². The highest BCUT2D eigenvalue weighted by atomic mass is 35.5. The van der Waals surface area contributed by atoms with E-state index in [2.05, 4.69) is 36.3 Å². The summed E-state index contributed by atoms with van der Waals surface area (Å²) in [7, 11) is 0. The van der Waals surface area contributed by atoms with Crippen LogP contribution in [0, 0.1) is 11.3 Å². The Morgan fingerprint density at radius 1 is 1.27 bits per heavy atom. The second kappa shape index (κ2) is 9.21. The molecule has 1 aliphatic rings. The molecule has 0 radical (unpaired) electrons. The summed E-state index contributed by atoms with van der Waals surface area (Å²) in [4.78, 5) is 31.7. The average molecular weight is 431 g/mol. The van der Waals surface area contributed by atoms with Crippen LogP contribution in [-0.2, 0) is 16.1 Å². The van der Waals surface area contributed by atoms with E-state index in [1.54, 1.807) is 23.3 Å². The third-order valence-electron chi connectivity index (χ3n) is 5.95. The number of halogens is 1. The van der Waals surface area contributed by atoms with Crippen LogP contribution >= 0.6 is 11.6 Å². The van der Waals surface area contributed by atoms with Gasteiger partial charge in [0.25, 0.3) is 0 Å². The number of likely N-dealkylation sites (tertiary alicyclic amines) is 1. The molecule has 7 heteroatoms. The quantitative estimate of drug-likeness (QED) is 0.759. The number of rotatable bonds is 6. The summed E-state index contributed by atoms with van der Waals surface area (Å²) in [6, 6.07) is 7.48. The lowest BCUT2D eigenvalue weighted by atomic mass is 9.70. The predicted octanol–water partition coefficient (Wildman–Crippen LogP) is 3.72. The van der Waals surface area contributed by atoms with Crippen LogP contribution in [0.1, 0.15) is 45.6 Å². The number of imidazole rings is 1. The first-order valence-electron chi connectivity index (χ1n) is 10.5. The molecule has 1 aliphatic heterocycles. The van der Waals surface area contributed by atoms with E-state index in [1.165, 1.54) is 5.56 Å². The molecule has 0 aliphatic carbocycles. The van der Waals surface area contributed by atoms with E-state index >= 15 is 0 Å². The van der Waals surface area contributed by atoms with Gasteiger partial charge in [0, 0.05) is 30.5 Å². The van der Waals surface area contributed by atoms with Gasteiger partial charge in [0.1, 0.15) is 12.6 Å². The van der Waals surface area contributed by atoms with E-state index in [0.29, 0.717) is 19.0 Å². The van der Waals surface area contributed by atoms with Crippen LogP contribution in [0.15, 0.2) is 43.0 Å². The molecule has 0 saturated carbocycles. The van der Waals surface area contributed by atoms with Gasteiger partial charge in [-0.2, -0.15) is 0 Å². The lowest BCUT2D eigenvalue weighted by Gasteiger charge is -2.45. The van der Waals surface area contributed by atoms with Gasteiger partial charge in [-0.15, -0.1) is 0 Å². The van der Waals surface area contributed by atoms with E-state index in [-0.39, 0.29) is 29.7 Å². The van der Waals surface area contributed by atoms with Crippen molar-refractivity contribution in [3.05, 3.63) is 53.6 Å². The number of amides is 2. The molecule has 1 aromatic carbocycles. The predicted molar refractivity (Wildman–Crippen MR) is 118 cm³/mol. The molecular formula is C23H31ClN4O2. The fourth-order valence-electron chi connectivity index (χ4n) is 4.33. The Morgan fingerprint density at radius 3 is 2.53 bits per heavy atom. The van der Waals surface area contributed by atoms with Crippen LogP contribution in [0.2, 0.25) is 5.02 Å². The normalized spacial score (nSPS) is 19.5. The smallest absolute Gasteiger partial charge is 0.245 e. The molecule has 2 heterocycles. The molecule has 0 spiro atoms. The highest BCUT2D eigenvalue weighted by Gasteiger charge is 2.40. The van der Waals surface area contributed by atoms with Crippen LogP contribution in [0.3, 0.4) is 0 Å². The molecule has 0 bridgehead atoms. The fourth-order valence-corrected chi connectivity index (χ4v) is 4.46. The van der Waals surface area contributed by atoms with E-state index in [0.717, 1.165) is 11.4 Å². The van der Waals surface area contributed by atoms with Gasteiger partial charge in [-0.25, -0.2) is 4.98 Å². The third kappa shape index (κ3) is 5.22. The summed E-state index contributed by atoms with van der Waals surface area (Å²) in [5, 5.41) is 3.67. The number of piperidine rings is 1. The molecular weight excluding hydrogens is 400 g/mol. The standard InChI is InChI=1S/C23H31ClN4O2/c1-16(2)21(26-20(29)13-27-12-10-25-15-27)22(30)28-11-9-19(23(3,4)14-28)17-5-7-18(24)8-6-17/h5-8,10,12,15-16,19,21H,9,11,13-14H2,1-4H3,(H,26,29)/t19?,21-/m1/s1. The van der Waals surface area contributed by atoms with Crippen LogP contribution in [0.5, 0.6) is 0 Å². The zero-order valence-corrected chi connectivity index (χ0v) is 18.9. The molecule has 1 unspecified atom stereocenters. The molecule has 2 atom stereocenters. The second-order valence-electron chi connectivity index (χ2n) is 9.17. The monoisotopic (exact) mass is 430 g/mol. The first-order valence-corrected chi connectivity index (χ1v) is 10.8. The maximum absolute atomic E-state index is 13.3. The Bertz CT molecular complexity index is 862. The molecule has 6 nitrogen and oxygen atoms in total. The number of nitrogens with one attached hydrogen (secondary N) is 1. The number of hydrogen-bond acceptors (Lipinski definition) is 3. The van der Waals surface area contributed by atoms with E-state index in [9.17, 15) is 9.59 Å². The van der Waals surface area contributed by atoms with E-state index in [4.69, 9.17) is 11.6 Å². The molecule has 2 aromatic rings. The summed E-state index contributed by atoms with van der Waals surface area (Å²) in [5.41, 5.74) is 1.18. The Balaban J connectivity index is 1.67. The van der Waals surface area contributed by atoms with Gasteiger partial charge in [0.05, 0.1) is 6.33 Å². The van der Waals surface area contributed by atoms with E-state index in [1.807, 2.05) is 30.9 Å². The van der Waals surface area contributed by atoms with Crippen molar-refractivity contribution in [2.45, 2.75) is 52.6 Å². The zero-order chi connectivity index (χ0) is 21.9. The maximum atomic E-state index is 13.3. The summed E-state index contributed by atoms with van der Waals surface area (Å²) in [6.07, 6.45) is 5.84. The number of nitrogens with zero attached hydrogens (tertiary/aromatic N) is 3. The average Bonchev–Trinajstić information content (AvgIpc) is 3.18. The van der Waals surface area contributed by atoms with Crippen molar-refractivity contribution in [1.29, 1.82) is 0 Å². The molecule has 1 N–H and O–H groups in total. The Hall–Kier alpha value is -2.34. The van der Waals surface area contributed by atoms with Crippen molar-refractivity contribution >= 4 is 23.4 Å². The molecule has 3 rings (SSSR count). The second-order valence-corrected chi connectivity index (χ2v) is 9.60. The molecule has 1 saturated heterocycles. The zero-order valence-electron chi connectivity index (χ0n) is 18.1. The molecule has 1 fully saturated rings. The first kappa shape index (κ1) is 22.3. The van der Waals surface area contributed by atoms with Gasteiger partial charge in [0.2, 0.25) is 11.8 Å². The van der Waals surface area contributed by atoms with Gasteiger partial charge in [0.15, 0.2) is 0 Å². The van der Waals surface area contributed by atoms with Crippen LogP contribution in [-0.4, -0.2) is 45.4 Å². The summed E-state index contributed by atoms with van der Waals surface area (Å²) in [6.45, 7) is 9.81. The van der Waals surface area contributed by atoms with Crippen molar-refractivity contribution in [3.8, 4) is 0 Å². The molecule has 30 heavy (non-hydrogen) atoms. The SMILES string of the molecule is CC(C)[C@@H](NC(=O)Cn1ccnc1)C(=O)N1CCC(c2ccc(Cl)cc2)C(C)(C)C1. The maximum Gasteiger partial charge on any atom is 0.245 e. The summed E-state index contributed by atoms with van der Waals surface area (Å²) in [5.74, 6) is 0.162. The minimum atomic E-state index is -0.538. The van der Waals surface area contributed by atoms with Crippen molar-refractivity contribution in [2.75, 3.05) is 13.1 Å². The molecule has 1 aromatic heterocycles. The van der Waals surface area contributed by atoms with Crippen molar-refractivity contribution in [3.63, 3.8) is 0 Å². The van der Waals surface area contributed by atoms with Crippen molar-refractivity contribution in [2.24, 2.45) is 11.3 Å². The highest BCUT2D eigenvalue weighted by Crippen LogP contribution is 2.42. The van der Waals surface area contributed by atoms with Gasteiger partial charge < -0.3 is 14.8 Å². The Kier molecular flexibility index (Phi) is 6.86. The summed E-state index contributed by atoms with van der Waals surface area (Å²) < 4.78 is 1.69. The molecule has 2 amide bonds. The lowest BCUT2D eigenvalue weighted by molar-refractivity contribution is -0.140. The number of aromatic nitrogens is 2. The van der Waals surface area contributed by atoms with Gasteiger partial charge >= 0.3 is 0 Å². The van der Waals surface area contributed by atoms with Crippen molar-refractivity contribution < 1.29 is 9.59 Å². The lowest BCUT2D eigenvalue weighted by Crippen LogP contribution is -2.56. The minimum Gasteiger partial charge on any atom is -0.342 e. The highest BCUT2D eigenvalue weighted by molar-refractivity contribution is 6.30. The van der Waals surface area contributed by atoms with Gasteiger partial charge in [-0.05, 0) is 41.4 Å². The number of benzene rings is 1. The Labute approximate surface area is 183 Å². The minimum absolute atomic E-state index is 0.00124. The number of carbonyl (C=O) groups is 2.